The molecule has 4 nitrogen and oxygen atoms in total. The van der Waals surface area contributed by atoms with Crippen molar-refractivity contribution in [1.29, 1.82) is 0 Å². The van der Waals surface area contributed by atoms with E-state index in [0.29, 0.717) is 11.2 Å². The molecule has 0 bridgehead atoms. The maximum Gasteiger partial charge on any atom is 0.187 e. The predicted octanol–water partition coefficient (Wildman–Crippen LogP) is 1.96. The fourth-order valence-electron chi connectivity index (χ4n) is 2.87. The molecule has 0 aromatic carbocycles. The number of nitrogens with zero attached hydrogens (tertiary/aromatic N) is 3. The van der Waals surface area contributed by atoms with Crippen molar-refractivity contribution < 1.29 is 5.11 Å². The summed E-state index contributed by atoms with van der Waals surface area (Å²) < 4.78 is 0. The van der Waals surface area contributed by atoms with Gasteiger partial charge in [0.1, 0.15) is 5.15 Å². The number of hydrogen-bond acceptors (Lipinski definition) is 5. The highest BCUT2D eigenvalue weighted by atomic mass is 35.5. The van der Waals surface area contributed by atoms with Gasteiger partial charge in [0.25, 0.3) is 0 Å². The summed E-state index contributed by atoms with van der Waals surface area (Å²) in [5.74, 6) is 0. The zero-order chi connectivity index (χ0) is 12.5. The van der Waals surface area contributed by atoms with Crippen LogP contribution < -0.4 is 4.90 Å². The molecule has 1 aromatic rings. The third-order valence-electron chi connectivity index (χ3n) is 3.87. The zero-order valence-corrected chi connectivity index (χ0v) is 11.9. The average molecular weight is 288 g/mol. The van der Waals surface area contributed by atoms with Gasteiger partial charge in [-0.05, 0) is 32.4 Å². The zero-order valence-electron chi connectivity index (χ0n) is 10.3. The second-order valence-electron chi connectivity index (χ2n) is 5.00. The van der Waals surface area contributed by atoms with Crippen molar-refractivity contribution in [3.05, 3.63) is 10.0 Å². The molecule has 2 aliphatic rings. The third kappa shape index (κ3) is 2.37. The van der Waals surface area contributed by atoms with Gasteiger partial charge in [-0.1, -0.05) is 22.9 Å². The Kier molecular flexibility index (Phi) is 3.75. The van der Waals surface area contributed by atoms with Gasteiger partial charge in [-0.3, -0.25) is 4.90 Å². The van der Waals surface area contributed by atoms with Gasteiger partial charge in [0.15, 0.2) is 5.13 Å². The number of hydrogen-bond donors (Lipinski definition) is 1. The van der Waals surface area contributed by atoms with Gasteiger partial charge in [-0.2, -0.15) is 0 Å². The molecule has 2 aliphatic heterocycles. The van der Waals surface area contributed by atoms with Crippen LogP contribution in [-0.2, 0) is 6.61 Å². The van der Waals surface area contributed by atoms with E-state index in [1.54, 1.807) is 0 Å². The topological polar surface area (TPSA) is 39.6 Å². The fraction of sp³-hybridized carbons (Fsp3) is 0.750. The molecule has 2 fully saturated rings. The fourth-order valence-corrected chi connectivity index (χ4v) is 4.03. The molecule has 2 saturated heterocycles. The van der Waals surface area contributed by atoms with Crippen LogP contribution in [0.25, 0.3) is 0 Å². The molecule has 0 saturated carbocycles. The Hall–Kier alpha value is -0.360. The maximum atomic E-state index is 9.16. The summed E-state index contributed by atoms with van der Waals surface area (Å²) in [5.41, 5.74) is 0. The molecule has 6 heteroatoms. The minimum Gasteiger partial charge on any atom is -0.391 e. The number of aliphatic hydroxyl groups is 1. The van der Waals surface area contributed by atoms with Gasteiger partial charge in [0, 0.05) is 19.1 Å². The molecule has 0 amide bonds. The molecule has 1 unspecified atom stereocenters. The van der Waals surface area contributed by atoms with Gasteiger partial charge < -0.3 is 10.0 Å². The Bertz CT molecular complexity index is 419. The number of aromatic nitrogens is 1. The van der Waals surface area contributed by atoms with E-state index < -0.39 is 0 Å². The van der Waals surface area contributed by atoms with E-state index in [1.807, 2.05) is 0 Å². The predicted molar refractivity (Wildman–Crippen MR) is 74.5 cm³/mol. The maximum absolute atomic E-state index is 9.16. The second-order valence-corrected chi connectivity index (χ2v) is 6.42. The van der Waals surface area contributed by atoms with Crippen LogP contribution >= 0.6 is 22.9 Å². The van der Waals surface area contributed by atoms with Gasteiger partial charge >= 0.3 is 0 Å². The van der Waals surface area contributed by atoms with E-state index in [4.69, 9.17) is 16.7 Å². The molecule has 0 aliphatic carbocycles. The first-order chi connectivity index (χ1) is 8.78. The largest absolute Gasteiger partial charge is 0.391 e. The molecule has 1 aromatic heterocycles. The van der Waals surface area contributed by atoms with Crippen LogP contribution in [0.15, 0.2) is 0 Å². The summed E-state index contributed by atoms with van der Waals surface area (Å²) >= 11 is 7.50. The van der Waals surface area contributed by atoms with Gasteiger partial charge in [0.2, 0.25) is 0 Å². The molecule has 0 radical (unpaired) electrons. The molecule has 3 heterocycles. The minimum atomic E-state index is -0.0140. The monoisotopic (exact) mass is 287 g/mol. The lowest BCUT2D eigenvalue weighted by Crippen LogP contribution is -2.35. The van der Waals surface area contributed by atoms with Crippen molar-refractivity contribution in [1.82, 2.24) is 9.88 Å². The van der Waals surface area contributed by atoms with Crippen LogP contribution in [0.5, 0.6) is 0 Å². The average Bonchev–Trinajstić information content (AvgIpc) is 3.08. The number of halogens is 1. The molecule has 3 rings (SSSR count). The smallest absolute Gasteiger partial charge is 0.187 e. The molecule has 0 spiro atoms. The van der Waals surface area contributed by atoms with Crippen molar-refractivity contribution in [2.24, 2.45) is 0 Å². The Balaban J connectivity index is 1.67. The lowest BCUT2D eigenvalue weighted by molar-refractivity contribution is 0.260. The van der Waals surface area contributed by atoms with Crippen LogP contribution in [-0.4, -0.2) is 47.2 Å². The Morgan fingerprint density at radius 1 is 1.33 bits per heavy atom. The molecule has 18 heavy (non-hydrogen) atoms. The van der Waals surface area contributed by atoms with E-state index >= 15 is 0 Å². The van der Waals surface area contributed by atoms with Gasteiger partial charge in [-0.25, -0.2) is 4.98 Å². The first-order valence-corrected chi connectivity index (χ1v) is 7.72. The molecular weight excluding hydrogens is 270 g/mol. The highest BCUT2D eigenvalue weighted by Crippen LogP contribution is 2.32. The number of rotatable bonds is 3. The van der Waals surface area contributed by atoms with Crippen LogP contribution in [0, 0.1) is 0 Å². The van der Waals surface area contributed by atoms with Crippen LogP contribution in [0.4, 0.5) is 5.13 Å². The van der Waals surface area contributed by atoms with Crippen molar-refractivity contribution in [2.45, 2.75) is 31.9 Å². The first kappa shape index (κ1) is 12.7. The number of anilines is 1. The van der Waals surface area contributed by atoms with E-state index in [1.165, 1.54) is 43.7 Å². The SMILES string of the molecule is OCc1sc(N2CCC(N3CCCC3)C2)nc1Cl. The van der Waals surface area contributed by atoms with Crippen LogP contribution in [0.2, 0.25) is 5.15 Å². The summed E-state index contributed by atoms with van der Waals surface area (Å²) in [5, 5.41) is 10.6. The van der Waals surface area contributed by atoms with E-state index in [2.05, 4.69) is 14.8 Å². The van der Waals surface area contributed by atoms with Crippen molar-refractivity contribution in [3.8, 4) is 0 Å². The Morgan fingerprint density at radius 2 is 2.11 bits per heavy atom. The number of thiazole rings is 1. The number of aliphatic hydroxyl groups excluding tert-OH is 1. The normalized spacial score (nSPS) is 25.2. The lowest BCUT2D eigenvalue weighted by Gasteiger charge is -2.23. The second kappa shape index (κ2) is 5.33. The van der Waals surface area contributed by atoms with Gasteiger partial charge in [0.05, 0.1) is 11.5 Å². The summed E-state index contributed by atoms with van der Waals surface area (Å²) in [6, 6.07) is 0.674. The summed E-state index contributed by atoms with van der Waals surface area (Å²) in [4.78, 5) is 10.0. The summed E-state index contributed by atoms with van der Waals surface area (Å²) in [6.45, 7) is 4.59. The van der Waals surface area contributed by atoms with Gasteiger partial charge in [-0.15, -0.1) is 0 Å². The van der Waals surface area contributed by atoms with Crippen molar-refractivity contribution >= 4 is 28.1 Å². The molecule has 1 N–H and O–H groups in total. The minimum absolute atomic E-state index is 0.0140. The Morgan fingerprint density at radius 3 is 2.78 bits per heavy atom. The Labute approximate surface area is 116 Å². The third-order valence-corrected chi connectivity index (χ3v) is 5.40. The van der Waals surface area contributed by atoms with Crippen LogP contribution in [0.3, 0.4) is 0 Å². The van der Waals surface area contributed by atoms with Crippen molar-refractivity contribution in [3.63, 3.8) is 0 Å². The number of likely N-dealkylation sites (tertiary alicyclic amines) is 1. The summed E-state index contributed by atoms with van der Waals surface area (Å²) in [7, 11) is 0. The molecule has 100 valence electrons. The van der Waals surface area contributed by atoms with E-state index in [0.717, 1.165) is 23.1 Å². The standard InChI is InChI=1S/C12H18ClN3OS/c13-11-10(8-17)18-12(14-11)16-6-3-9(7-16)15-4-1-2-5-15/h9,17H,1-8H2. The molecular formula is C12H18ClN3OS. The molecule has 1 atom stereocenters. The lowest BCUT2D eigenvalue weighted by atomic mass is 10.2. The van der Waals surface area contributed by atoms with E-state index in [9.17, 15) is 0 Å². The highest BCUT2D eigenvalue weighted by Gasteiger charge is 2.30. The first-order valence-electron chi connectivity index (χ1n) is 6.53. The highest BCUT2D eigenvalue weighted by molar-refractivity contribution is 7.16. The van der Waals surface area contributed by atoms with E-state index in [-0.39, 0.29) is 6.61 Å². The van der Waals surface area contributed by atoms with Crippen molar-refractivity contribution in [2.75, 3.05) is 31.1 Å². The quantitative estimate of drug-likeness (QED) is 0.923. The van der Waals surface area contributed by atoms with Crippen LogP contribution in [0.1, 0.15) is 24.1 Å². The summed E-state index contributed by atoms with van der Waals surface area (Å²) in [6.07, 6.45) is 3.90.